The zero-order chi connectivity index (χ0) is 22.9. The first-order valence-corrected chi connectivity index (χ1v) is 11.8. The van der Waals surface area contributed by atoms with E-state index in [9.17, 15) is 22.0 Å². The molecule has 1 saturated heterocycles. The fourth-order valence-corrected chi connectivity index (χ4v) is 5.13. The number of urea groups is 1. The van der Waals surface area contributed by atoms with Gasteiger partial charge in [0.05, 0.1) is 18.8 Å². The molecule has 1 atom stereocenters. The standard InChI is InChI=1S/C21H21ClF2N4O3S.ClH/c22-17-9-7-16(8-10-17)19-18(15-5-2-1-3-6-15)13-28(25-19)20(29)26-32(30,31)27-12-4-11-21(23,24)14-27;/h1-3,5-10,18H,4,11-14H2,(H,26,29);1H. The van der Waals surface area contributed by atoms with Crippen molar-refractivity contribution in [1.29, 1.82) is 0 Å². The molecule has 7 nitrogen and oxygen atoms in total. The molecule has 0 spiro atoms. The maximum Gasteiger partial charge on any atom is 0.352 e. The number of rotatable bonds is 4. The van der Waals surface area contributed by atoms with Crippen LogP contribution in [0.2, 0.25) is 5.02 Å². The zero-order valence-electron chi connectivity index (χ0n) is 17.3. The number of piperidine rings is 1. The second kappa shape index (κ2) is 9.92. The van der Waals surface area contributed by atoms with Crippen molar-refractivity contribution in [3.05, 3.63) is 70.7 Å². The Kier molecular flexibility index (Phi) is 7.62. The summed E-state index contributed by atoms with van der Waals surface area (Å²) < 4.78 is 54.9. The van der Waals surface area contributed by atoms with Crippen molar-refractivity contribution in [2.24, 2.45) is 5.10 Å². The lowest BCUT2D eigenvalue weighted by Crippen LogP contribution is -2.52. The molecular formula is C21H22Cl2F2N4O3S. The highest BCUT2D eigenvalue weighted by Gasteiger charge is 2.41. The van der Waals surface area contributed by atoms with E-state index in [-0.39, 0.29) is 44.3 Å². The molecule has 178 valence electrons. The number of amides is 2. The van der Waals surface area contributed by atoms with E-state index in [1.807, 2.05) is 35.1 Å². The Morgan fingerprint density at radius 2 is 1.79 bits per heavy atom. The second-order valence-corrected chi connectivity index (χ2v) is 9.85. The Morgan fingerprint density at radius 1 is 1.12 bits per heavy atom. The Morgan fingerprint density at radius 3 is 2.42 bits per heavy atom. The highest BCUT2D eigenvalue weighted by atomic mass is 35.5. The molecule has 4 rings (SSSR count). The van der Waals surface area contributed by atoms with Gasteiger partial charge in [-0.2, -0.15) is 17.8 Å². The second-order valence-electron chi connectivity index (χ2n) is 7.74. The molecule has 0 aliphatic carbocycles. The lowest BCUT2D eigenvalue weighted by Gasteiger charge is -2.31. The Balaban J connectivity index is 0.00000306. The topological polar surface area (TPSA) is 82.1 Å². The number of nitrogens with zero attached hydrogens (tertiary/aromatic N) is 3. The Bertz CT molecular complexity index is 1130. The quantitative estimate of drug-likeness (QED) is 0.656. The van der Waals surface area contributed by atoms with Crippen LogP contribution in [0.15, 0.2) is 59.7 Å². The summed E-state index contributed by atoms with van der Waals surface area (Å²) in [6.45, 7) is -0.939. The molecular weight excluding hydrogens is 497 g/mol. The van der Waals surface area contributed by atoms with Gasteiger partial charge in [-0.25, -0.2) is 23.3 Å². The van der Waals surface area contributed by atoms with Crippen LogP contribution in [0, 0.1) is 0 Å². The van der Waals surface area contributed by atoms with Crippen LogP contribution in [0.4, 0.5) is 13.6 Å². The minimum atomic E-state index is -4.44. The van der Waals surface area contributed by atoms with Gasteiger partial charge in [0.25, 0.3) is 5.92 Å². The first-order chi connectivity index (χ1) is 15.1. The van der Waals surface area contributed by atoms with Crippen molar-refractivity contribution in [3.63, 3.8) is 0 Å². The maximum atomic E-state index is 13.7. The van der Waals surface area contributed by atoms with Crippen LogP contribution >= 0.6 is 24.0 Å². The van der Waals surface area contributed by atoms with Crippen LogP contribution < -0.4 is 4.72 Å². The summed E-state index contributed by atoms with van der Waals surface area (Å²) in [5, 5.41) is 5.93. The first kappa shape index (κ1) is 25.4. The lowest BCUT2D eigenvalue weighted by atomic mass is 9.91. The third-order valence-electron chi connectivity index (χ3n) is 5.40. The number of alkyl halides is 2. The van der Waals surface area contributed by atoms with Crippen LogP contribution in [-0.4, -0.2) is 55.0 Å². The van der Waals surface area contributed by atoms with Gasteiger partial charge in [-0.05, 0) is 29.7 Å². The predicted molar refractivity (Wildman–Crippen MR) is 124 cm³/mol. The van der Waals surface area contributed by atoms with Crippen LogP contribution in [0.25, 0.3) is 0 Å². The highest BCUT2D eigenvalue weighted by molar-refractivity contribution is 7.87. The van der Waals surface area contributed by atoms with Crippen molar-refractivity contribution in [2.45, 2.75) is 24.7 Å². The summed E-state index contributed by atoms with van der Waals surface area (Å²) >= 11 is 5.98. The van der Waals surface area contributed by atoms with Crippen LogP contribution in [-0.2, 0) is 10.2 Å². The number of hydrogen-bond donors (Lipinski definition) is 1. The van der Waals surface area contributed by atoms with Gasteiger partial charge in [-0.15, -0.1) is 12.4 Å². The number of nitrogens with one attached hydrogen (secondary N) is 1. The molecule has 0 bridgehead atoms. The molecule has 2 heterocycles. The summed E-state index contributed by atoms with van der Waals surface area (Å²) in [6.07, 6.45) is -0.368. The number of hydrogen-bond acceptors (Lipinski definition) is 4. The molecule has 1 fully saturated rings. The van der Waals surface area contributed by atoms with Crippen LogP contribution in [0.5, 0.6) is 0 Å². The van der Waals surface area contributed by atoms with E-state index in [0.29, 0.717) is 15.0 Å². The molecule has 2 amide bonds. The first-order valence-electron chi connectivity index (χ1n) is 10.0. The minimum Gasteiger partial charge on any atom is -0.245 e. The largest absolute Gasteiger partial charge is 0.352 e. The summed E-state index contributed by atoms with van der Waals surface area (Å²) in [5.74, 6) is -3.42. The number of benzene rings is 2. The summed E-state index contributed by atoms with van der Waals surface area (Å²) in [5.41, 5.74) is 2.21. The molecule has 2 aromatic rings. The van der Waals surface area contributed by atoms with Crippen molar-refractivity contribution in [1.82, 2.24) is 14.0 Å². The van der Waals surface area contributed by atoms with Gasteiger partial charge in [0.1, 0.15) is 0 Å². The van der Waals surface area contributed by atoms with E-state index in [1.54, 1.807) is 24.3 Å². The van der Waals surface area contributed by atoms with Gasteiger partial charge in [-0.3, -0.25) is 0 Å². The maximum absolute atomic E-state index is 13.7. The number of carbonyl (C=O) groups is 1. The predicted octanol–water partition coefficient (Wildman–Crippen LogP) is 4.25. The van der Waals surface area contributed by atoms with Gasteiger partial charge >= 0.3 is 16.2 Å². The number of hydrazone groups is 1. The SMILES string of the molecule is Cl.O=C(NS(=O)(=O)N1CCCC(F)(F)C1)N1CC(c2ccccc2)C(c2ccc(Cl)cc2)=N1. The zero-order valence-corrected chi connectivity index (χ0v) is 19.7. The third-order valence-corrected chi connectivity index (χ3v) is 7.08. The van der Waals surface area contributed by atoms with Gasteiger partial charge in [-0.1, -0.05) is 54.1 Å². The summed E-state index contributed by atoms with van der Waals surface area (Å²) in [6, 6.07) is 15.3. The summed E-state index contributed by atoms with van der Waals surface area (Å²) in [4.78, 5) is 12.8. The number of carbonyl (C=O) groups excluding carboxylic acids is 1. The monoisotopic (exact) mass is 518 g/mol. The Hall–Kier alpha value is -2.27. The fraction of sp³-hybridized carbons (Fsp3) is 0.333. The smallest absolute Gasteiger partial charge is 0.245 e. The van der Waals surface area contributed by atoms with Crippen molar-refractivity contribution < 1.29 is 22.0 Å². The molecule has 2 aliphatic rings. The molecule has 0 aromatic heterocycles. The van der Waals surface area contributed by atoms with E-state index >= 15 is 0 Å². The summed E-state index contributed by atoms with van der Waals surface area (Å²) in [7, 11) is -4.44. The van der Waals surface area contributed by atoms with E-state index in [1.165, 1.54) is 0 Å². The van der Waals surface area contributed by atoms with Crippen LogP contribution in [0.3, 0.4) is 0 Å². The van der Waals surface area contributed by atoms with E-state index in [0.717, 1.165) is 16.1 Å². The fourth-order valence-electron chi connectivity index (χ4n) is 3.82. The van der Waals surface area contributed by atoms with Gasteiger partial charge in [0.2, 0.25) is 0 Å². The molecule has 1 unspecified atom stereocenters. The van der Waals surface area contributed by atoms with Crippen molar-refractivity contribution in [2.75, 3.05) is 19.6 Å². The molecule has 12 heteroatoms. The average molecular weight is 519 g/mol. The number of halogens is 4. The third kappa shape index (κ3) is 5.81. The van der Waals surface area contributed by atoms with E-state index in [4.69, 9.17) is 11.6 Å². The molecule has 1 N–H and O–H groups in total. The molecule has 33 heavy (non-hydrogen) atoms. The Labute approximate surface area is 202 Å². The van der Waals surface area contributed by atoms with Gasteiger partial charge in [0.15, 0.2) is 0 Å². The van der Waals surface area contributed by atoms with Crippen molar-refractivity contribution >= 4 is 46.0 Å². The molecule has 0 saturated carbocycles. The lowest BCUT2D eigenvalue weighted by molar-refractivity contribution is -0.0436. The molecule has 0 radical (unpaired) electrons. The highest BCUT2D eigenvalue weighted by Crippen LogP contribution is 2.30. The van der Waals surface area contributed by atoms with Gasteiger partial charge < -0.3 is 0 Å². The molecule has 2 aliphatic heterocycles. The minimum absolute atomic E-state index is 0. The molecule has 2 aromatic carbocycles. The van der Waals surface area contributed by atoms with E-state index in [2.05, 4.69) is 5.10 Å². The average Bonchev–Trinajstić information content (AvgIpc) is 3.20. The van der Waals surface area contributed by atoms with Crippen molar-refractivity contribution in [3.8, 4) is 0 Å². The van der Waals surface area contributed by atoms with E-state index < -0.39 is 28.7 Å². The van der Waals surface area contributed by atoms with Crippen LogP contribution in [0.1, 0.15) is 29.9 Å². The van der Waals surface area contributed by atoms with Gasteiger partial charge in [0, 0.05) is 23.9 Å². The normalized spacial score (nSPS) is 20.6.